The zero-order valence-corrected chi connectivity index (χ0v) is 12.8. The summed E-state index contributed by atoms with van der Waals surface area (Å²) in [4.78, 5) is 2.49. The molecule has 0 amide bonds. The van der Waals surface area contributed by atoms with Crippen LogP contribution in [0.4, 0.5) is 6.01 Å². The second-order valence-corrected chi connectivity index (χ2v) is 5.75. The molecule has 0 bridgehead atoms. The molecule has 0 saturated carbocycles. The van der Waals surface area contributed by atoms with Gasteiger partial charge in [0.15, 0.2) is 0 Å². The Morgan fingerprint density at radius 1 is 1.24 bits per heavy atom. The highest BCUT2D eigenvalue weighted by Gasteiger charge is 2.23. The molecule has 1 fully saturated rings. The molecule has 1 aromatic carbocycles. The summed E-state index contributed by atoms with van der Waals surface area (Å²) >= 11 is 5.99. The molecule has 1 aliphatic rings. The topological polar surface area (TPSA) is 54.2 Å². The van der Waals surface area contributed by atoms with E-state index in [4.69, 9.17) is 16.0 Å². The van der Waals surface area contributed by atoms with Gasteiger partial charge in [0.25, 0.3) is 0 Å². The molecule has 1 atom stereocenters. The lowest BCUT2D eigenvalue weighted by Gasteiger charge is -2.28. The Balaban J connectivity index is 1.73. The highest BCUT2D eigenvalue weighted by Crippen LogP contribution is 2.26. The second kappa shape index (κ2) is 6.45. The molecule has 2 heterocycles. The van der Waals surface area contributed by atoms with Crippen LogP contribution in [0.5, 0.6) is 0 Å². The first-order valence-corrected chi connectivity index (χ1v) is 7.63. The number of anilines is 1. The third kappa shape index (κ3) is 3.54. The van der Waals surface area contributed by atoms with Gasteiger partial charge in [0.05, 0.1) is 6.04 Å². The summed E-state index contributed by atoms with van der Waals surface area (Å²) in [5.41, 5.74) is 1.25. The van der Waals surface area contributed by atoms with Crippen molar-refractivity contribution in [2.24, 2.45) is 0 Å². The van der Waals surface area contributed by atoms with Gasteiger partial charge in [-0.1, -0.05) is 28.8 Å². The van der Waals surface area contributed by atoms with Crippen LogP contribution < -0.4 is 5.32 Å². The van der Waals surface area contributed by atoms with Crippen LogP contribution >= 0.6 is 11.6 Å². The van der Waals surface area contributed by atoms with Crippen LogP contribution in [0.25, 0.3) is 0 Å². The summed E-state index contributed by atoms with van der Waals surface area (Å²) < 4.78 is 5.38. The zero-order chi connectivity index (χ0) is 14.7. The number of aromatic nitrogens is 2. The summed E-state index contributed by atoms with van der Waals surface area (Å²) in [5.74, 6) is 0.571. The lowest BCUT2D eigenvalue weighted by atomic mass is 10.1. The van der Waals surface area contributed by atoms with Crippen molar-refractivity contribution in [3.63, 3.8) is 0 Å². The average molecular weight is 307 g/mol. The van der Waals surface area contributed by atoms with Gasteiger partial charge in [0.1, 0.15) is 0 Å². The number of benzene rings is 1. The van der Waals surface area contributed by atoms with Gasteiger partial charge in [-0.2, -0.15) is 0 Å². The van der Waals surface area contributed by atoms with Crippen LogP contribution in [0.15, 0.2) is 28.7 Å². The van der Waals surface area contributed by atoms with Crippen LogP contribution in [0.1, 0.15) is 30.3 Å². The maximum absolute atomic E-state index is 5.99. The Morgan fingerprint density at radius 3 is 2.57 bits per heavy atom. The Hall–Kier alpha value is -1.59. The molecule has 6 heteroatoms. The lowest BCUT2D eigenvalue weighted by molar-refractivity contribution is 0.255. The number of nitrogens with zero attached hydrogens (tertiary/aromatic N) is 3. The lowest BCUT2D eigenvalue weighted by Crippen LogP contribution is -2.31. The molecular weight excluding hydrogens is 288 g/mol. The maximum atomic E-state index is 5.99. The third-order valence-electron chi connectivity index (χ3n) is 3.81. The third-order valence-corrected chi connectivity index (χ3v) is 4.06. The van der Waals surface area contributed by atoms with Gasteiger partial charge in [-0.15, -0.1) is 5.10 Å². The molecule has 2 aromatic rings. The van der Waals surface area contributed by atoms with Gasteiger partial charge in [-0.05, 0) is 43.6 Å². The molecule has 3 rings (SSSR count). The van der Waals surface area contributed by atoms with E-state index in [2.05, 4.69) is 32.5 Å². The summed E-state index contributed by atoms with van der Waals surface area (Å²) in [5, 5.41) is 11.8. The molecule has 0 spiro atoms. The fourth-order valence-electron chi connectivity index (χ4n) is 2.75. The Labute approximate surface area is 129 Å². The van der Waals surface area contributed by atoms with E-state index >= 15 is 0 Å². The molecule has 0 radical (unpaired) electrons. The highest BCUT2D eigenvalue weighted by molar-refractivity contribution is 6.30. The molecule has 1 saturated heterocycles. The number of rotatable bonds is 5. The Morgan fingerprint density at radius 2 is 1.95 bits per heavy atom. The van der Waals surface area contributed by atoms with E-state index in [1.54, 1.807) is 6.92 Å². The van der Waals surface area contributed by atoms with E-state index in [0.717, 1.165) is 24.7 Å². The summed E-state index contributed by atoms with van der Waals surface area (Å²) in [7, 11) is 0. The molecule has 1 N–H and O–H groups in total. The van der Waals surface area contributed by atoms with Crippen LogP contribution in [0.3, 0.4) is 0 Å². The molecule has 5 nitrogen and oxygen atoms in total. The second-order valence-electron chi connectivity index (χ2n) is 5.32. The van der Waals surface area contributed by atoms with Crippen molar-refractivity contribution < 1.29 is 4.42 Å². The molecular formula is C15H19ClN4O. The van der Waals surface area contributed by atoms with E-state index in [0.29, 0.717) is 11.9 Å². The fourth-order valence-corrected chi connectivity index (χ4v) is 2.87. The van der Waals surface area contributed by atoms with Crippen LogP contribution in [0, 0.1) is 6.92 Å². The first-order valence-electron chi connectivity index (χ1n) is 7.26. The minimum absolute atomic E-state index is 0.289. The molecule has 1 aliphatic heterocycles. The fraction of sp³-hybridized carbons (Fsp3) is 0.467. The number of halogens is 1. The van der Waals surface area contributed by atoms with Gasteiger partial charge in [-0.3, -0.25) is 4.90 Å². The van der Waals surface area contributed by atoms with Gasteiger partial charge < -0.3 is 9.73 Å². The van der Waals surface area contributed by atoms with Crippen molar-refractivity contribution in [2.45, 2.75) is 25.8 Å². The van der Waals surface area contributed by atoms with Gasteiger partial charge in [0, 0.05) is 18.5 Å². The van der Waals surface area contributed by atoms with Crippen molar-refractivity contribution in [3.05, 3.63) is 40.7 Å². The van der Waals surface area contributed by atoms with Crippen LogP contribution in [-0.4, -0.2) is 34.7 Å². The number of hydrogen-bond acceptors (Lipinski definition) is 5. The number of hydrogen-bond donors (Lipinski definition) is 1. The number of aryl methyl sites for hydroxylation is 1. The first-order chi connectivity index (χ1) is 10.2. The van der Waals surface area contributed by atoms with E-state index in [9.17, 15) is 0 Å². The molecule has 21 heavy (non-hydrogen) atoms. The maximum Gasteiger partial charge on any atom is 0.315 e. The number of nitrogens with one attached hydrogen (secondary N) is 1. The first kappa shape index (κ1) is 14.4. The van der Waals surface area contributed by atoms with E-state index in [1.165, 1.54) is 18.4 Å². The quantitative estimate of drug-likeness (QED) is 0.918. The predicted molar refractivity (Wildman–Crippen MR) is 82.5 cm³/mol. The predicted octanol–water partition coefficient (Wildman–Crippen LogP) is 3.28. The molecule has 1 aromatic heterocycles. The minimum Gasteiger partial charge on any atom is -0.408 e. The van der Waals surface area contributed by atoms with Crippen molar-refractivity contribution >= 4 is 17.6 Å². The van der Waals surface area contributed by atoms with Gasteiger partial charge >= 0.3 is 6.01 Å². The Bertz CT molecular complexity index is 578. The highest BCUT2D eigenvalue weighted by atomic mass is 35.5. The smallest absolute Gasteiger partial charge is 0.315 e. The summed E-state index contributed by atoms with van der Waals surface area (Å²) in [6, 6.07) is 8.83. The van der Waals surface area contributed by atoms with E-state index < -0.39 is 0 Å². The Kier molecular flexibility index (Phi) is 4.41. The van der Waals surface area contributed by atoms with Crippen molar-refractivity contribution in [1.29, 1.82) is 0 Å². The summed E-state index contributed by atoms with van der Waals surface area (Å²) in [6.07, 6.45) is 2.51. The number of likely N-dealkylation sites (tertiary alicyclic amines) is 1. The van der Waals surface area contributed by atoms with Gasteiger partial charge in [0.2, 0.25) is 5.89 Å². The zero-order valence-electron chi connectivity index (χ0n) is 12.1. The van der Waals surface area contributed by atoms with Crippen molar-refractivity contribution in [2.75, 3.05) is 25.0 Å². The van der Waals surface area contributed by atoms with Crippen LogP contribution in [0.2, 0.25) is 5.02 Å². The average Bonchev–Trinajstić information content (AvgIpc) is 3.13. The standard InChI is InChI=1S/C15H19ClN4O/c1-11-18-19-15(21-11)17-10-14(20-8-2-3-9-20)12-4-6-13(16)7-5-12/h4-7,14H,2-3,8-10H2,1H3,(H,17,19). The summed E-state index contributed by atoms with van der Waals surface area (Å²) in [6.45, 7) is 4.77. The molecule has 1 unspecified atom stereocenters. The van der Waals surface area contributed by atoms with Crippen molar-refractivity contribution in [1.82, 2.24) is 15.1 Å². The largest absolute Gasteiger partial charge is 0.408 e. The van der Waals surface area contributed by atoms with Crippen molar-refractivity contribution in [3.8, 4) is 0 Å². The van der Waals surface area contributed by atoms with E-state index in [-0.39, 0.29) is 6.04 Å². The monoisotopic (exact) mass is 306 g/mol. The van der Waals surface area contributed by atoms with Gasteiger partial charge in [-0.25, -0.2) is 0 Å². The van der Waals surface area contributed by atoms with E-state index in [1.807, 2.05) is 12.1 Å². The minimum atomic E-state index is 0.289. The normalized spacial score (nSPS) is 17.0. The SMILES string of the molecule is Cc1nnc(NCC(c2ccc(Cl)cc2)N2CCCC2)o1. The van der Waals surface area contributed by atoms with Crippen LogP contribution in [-0.2, 0) is 0 Å². The molecule has 112 valence electrons. The molecule has 0 aliphatic carbocycles.